The predicted octanol–water partition coefficient (Wildman–Crippen LogP) is -0.555. The number of carbonyl (C=O) groups excluding carboxylic acids is 2. The van der Waals surface area contributed by atoms with Crippen LogP contribution >= 0.6 is 0 Å². The fraction of sp³-hybridized carbons (Fsp3) is 0.526. The summed E-state index contributed by atoms with van der Waals surface area (Å²) >= 11 is 0. The van der Waals surface area contributed by atoms with E-state index in [9.17, 15) is 14.4 Å². The molecule has 1 saturated heterocycles. The smallest absolute Gasteiger partial charge is 0.276 e. The average Bonchev–Trinajstić information content (AvgIpc) is 3.22. The van der Waals surface area contributed by atoms with Crippen LogP contribution in [0.4, 0.5) is 0 Å². The molecule has 29 heavy (non-hydrogen) atoms. The van der Waals surface area contributed by atoms with Crippen molar-refractivity contribution >= 4 is 11.8 Å². The summed E-state index contributed by atoms with van der Waals surface area (Å²) in [4.78, 5) is 41.2. The van der Waals surface area contributed by atoms with Gasteiger partial charge in [-0.2, -0.15) is 15.4 Å². The summed E-state index contributed by atoms with van der Waals surface area (Å²) in [5, 5.41) is 13.1. The summed E-state index contributed by atoms with van der Waals surface area (Å²) in [6.45, 7) is 1.68. The molecule has 2 aliphatic rings. The standard InChI is InChI=1S/C19H25N7O3/c1-24(2)11-17(27)20-8-16-13-6-12(15-4-3-5-18(28)26(15)16)9-25(10-13)19(29)14-7-21-23-22-14/h3-5,7,12-13,16H,6,8-11H2,1-2H3,(H,20,27)(H,21,22,23)/t12-,13+,16+/m1/s1. The molecule has 0 saturated carbocycles. The molecule has 2 amide bonds. The highest BCUT2D eigenvalue weighted by Crippen LogP contribution is 2.41. The lowest BCUT2D eigenvalue weighted by Gasteiger charge is -2.46. The zero-order chi connectivity index (χ0) is 20.5. The van der Waals surface area contributed by atoms with Gasteiger partial charge in [-0.25, -0.2) is 0 Å². The van der Waals surface area contributed by atoms with Crippen LogP contribution in [0.1, 0.15) is 34.6 Å². The number of hydrogen-bond donors (Lipinski definition) is 2. The number of piperidine rings is 1. The maximum atomic E-state index is 12.8. The van der Waals surface area contributed by atoms with Crippen molar-refractivity contribution in [2.75, 3.05) is 40.3 Å². The van der Waals surface area contributed by atoms with Gasteiger partial charge in [0.1, 0.15) is 0 Å². The van der Waals surface area contributed by atoms with Gasteiger partial charge in [0, 0.05) is 37.3 Å². The van der Waals surface area contributed by atoms with Crippen molar-refractivity contribution in [3.8, 4) is 0 Å². The monoisotopic (exact) mass is 399 g/mol. The van der Waals surface area contributed by atoms with E-state index < -0.39 is 0 Å². The van der Waals surface area contributed by atoms with Gasteiger partial charge in [-0.1, -0.05) is 6.07 Å². The number of nitrogens with one attached hydrogen (secondary N) is 2. The fourth-order valence-corrected chi connectivity index (χ4v) is 4.50. The number of rotatable bonds is 5. The number of fused-ring (bicyclic) bond motifs is 4. The first-order valence-corrected chi connectivity index (χ1v) is 9.72. The quantitative estimate of drug-likeness (QED) is 0.697. The topological polar surface area (TPSA) is 116 Å². The van der Waals surface area contributed by atoms with Crippen LogP contribution in [0.5, 0.6) is 0 Å². The third-order valence-electron chi connectivity index (χ3n) is 5.69. The third kappa shape index (κ3) is 3.80. The van der Waals surface area contributed by atoms with Crippen LogP contribution < -0.4 is 10.9 Å². The molecule has 154 valence electrons. The van der Waals surface area contributed by atoms with Crippen LogP contribution in [0.25, 0.3) is 0 Å². The second-order valence-electron chi connectivity index (χ2n) is 8.03. The minimum Gasteiger partial charge on any atom is -0.353 e. The lowest BCUT2D eigenvalue weighted by molar-refractivity contribution is -0.122. The number of aromatic nitrogens is 4. The van der Waals surface area contributed by atoms with Gasteiger partial charge in [-0.15, -0.1) is 0 Å². The third-order valence-corrected chi connectivity index (χ3v) is 5.69. The van der Waals surface area contributed by atoms with E-state index in [1.165, 1.54) is 6.20 Å². The van der Waals surface area contributed by atoms with Crippen molar-refractivity contribution in [2.24, 2.45) is 5.92 Å². The first kappa shape index (κ1) is 19.3. The number of likely N-dealkylation sites (N-methyl/N-ethyl adjacent to an activating group) is 1. The van der Waals surface area contributed by atoms with E-state index in [2.05, 4.69) is 20.7 Å². The summed E-state index contributed by atoms with van der Waals surface area (Å²) in [6, 6.07) is 5.06. The van der Waals surface area contributed by atoms with Gasteiger partial charge in [0.2, 0.25) is 5.91 Å². The van der Waals surface area contributed by atoms with E-state index >= 15 is 0 Å². The molecule has 3 atom stereocenters. The molecule has 0 radical (unpaired) electrons. The maximum absolute atomic E-state index is 12.8. The summed E-state index contributed by atoms with van der Waals surface area (Å²) in [6.07, 6.45) is 2.30. The Hall–Kier alpha value is -3.01. The van der Waals surface area contributed by atoms with Crippen LogP contribution in [0.2, 0.25) is 0 Å². The second kappa shape index (κ2) is 7.78. The number of hydrogen-bond acceptors (Lipinski definition) is 6. The van der Waals surface area contributed by atoms with E-state index in [0.29, 0.717) is 19.6 Å². The van der Waals surface area contributed by atoms with E-state index in [1.807, 2.05) is 24.7 Å². The van der Waals surface area contributed by atoms with Crippen molar-refractivity contribution in [3.05, 3.63) is 46.1 Å². The number of carbonyl (C=O) groups is 2. The molecule has 2 aromatic rings. The van der Waals surface area contributed by atoms with Crippen LogP contribution in [0, 0.1) is 5.92 Å². The normalized spacial score (nSPS) is 23.0. The Labute approximate surface area is 167 Å². The zero-order valence-electron chi connectivity index (χ0n) is 16.5. The largest absolute Gasteiger partial charge is 0.353 e. The summed E-state index contributed by atoms with van der Waals surface area (Å²) in [5.41, 5.74) is 1.13. The summed E-state index contributed by atoms with van der Waals surface area (Å²) in [7, 11) is 3.66. The molecule has 10 nitrogen and oxygen atoms in total. The van der Waals surface area contributed by atoms with Gasteiger partial charge in [0.05, 0.1) is 18.8 Å². The van der Waals surface area contributed by atoms with Gasteiger partial charge < -0.3 is 19.7 Å². The van der Waals surface area contributed by atoms with Crippen molar-refractivity contribution in [1.82, 2.24) is 35.1 Å². The van der Waals surface area contributed by atoms with Crippen molar-refractivity contribution < 1.29 is 9.59 Å². The van der Waals surface area contributed by atoms with Crippen LogP contribution in [0.15, 0.2) is 29.2 Å². The molecule has 2 aliphatic heterocycles. The second-order valence-corrected chi connectivity index (χ2v) is 8.03. The number of amides is 2. The first-order chi connectivity index (χ1) is 13.9. The number of nitrogens with zero attached hydrogens (tertiary/aromatic N) is 5. The van der Waals surface area contributed by atoms with Gasteiger partial charge in [-0.05, 0) is 32.5 Å². The maximum Gasteiger partial charge on any atom is 0.276 e. The molecular formula is C19H25N7O3. The minimum absolute atomic E-state index is 0.0665. The highest BCUT2D eigenvalue weighted by Gasteiger charge is 2.42. The Kier molecular flexibility index (Phi) is 5.18. The van der Waals surface area contributed by atoms with Gasteiger partial charge in [0.25, 0.3) is 11.5 Å². The van der Waals surface area contributed by atoms with E-state index in [-0.39, 0.29) is 47.5 Å². The Morgan fingerprint density at radius 2 is 2.14 bits per heavy atom. The highest BCUT2D eigenvalue weighted by molar-refractivity contribution is 5.92. The van der Waals surface area contributed by atoms with Crippen LogP contribution in [0.3, 0.4) is 0 Å². The van der Waals surface area contributed by atoms with Gasteiger partial charge >= 0.3 is 0 Å². The lowest BCUT2D eigenvalue weighted by atomic mass is 9.78. The molecule has 2 aromatic heterocycles. The number of H-pyrrole nitrogens is 1. The fourth-order valence-electron chi connectivity index (χ4n) is 4.50. The highest BCUT2D eigenvalue weighted by atomic mass is 16.2. The Bertz CT molecular complexity index is 953. The van der Waals surface area contributed by atoms with Crippen molar-refractivity contribution in [2.45, 2.75) is 18.4 Å². The van der Waals surface area contributed by atoms with E-state index in [0.717, 1.165) is 12.1 Å². The Morgan fingerprint density at radius 3 is 2.86 bits per heavy atom. The first-order valence-electron chi connectivity index (χ1n) is 9.72. The number of likely N-dealkylation sites (tertiary alicyclic amines) is 1. The van der Waals surface area contributed by atoms with Gasteiger partial charge in [0.15, 0.2) is 5.69 Å². The molecule has 0 aliphatic carbocycles. The molecule has 0 aromatic carbocycles. The van der Waals surface area contributed by atoms with E-state index in [1.54, 1.807) is 21.9 Å². The molecule has 2 bridgehead atoms. The van der Waals surface area contributed by atoms with E-state index in [4.69, 9.17) is 0 Å². The predicted molar refractivity (Wildman–Crippen MR) is 104 cm³/mol. The summed E-state index contributed by atoms with van der Waals surface area (Å²) < 4.78 is 1.81. The zero-order valence-corrected chi connectivity index (χ0v) is 16.5. The molecule has 4 rings (SSSR count). The molecular weight excluding hydrogens is 374 g/mol. The molecule has 0 spiro atoms. The SMILES string of the molecule is CN(C)CC(=O)NC[C@H]1[C@H]2C[C@H](CN(C(=O)c3cn[nH]n3)C2)c2cccc(=O)n21. The molecule has 2 N–H and O–H groups in total. The molecule has 4 heterocycles. The Morgan fingerprint density at radius 1 is 1.31 bits per heavy atom. The number of pyridine rings is 1. The summed E-state index contributed by atoms with van der Waals surface area (Å²) in [5.74, 6) is -0.117. The minimum atomic E-state index is -0.200. The van der Waals surface area contributed by atoms with Crippen LogP contribution in [-0.2, 0) is 4.79 Å². The van der Waals surface area contributed by atoms with Crippen molar-refractivity contribution in [3.63, 3.8) is 0 Å². The number of aromatic amines is 1. The lowest BCUT2D eigenvalue weighted by Crippen LogP contribution is -2.53. The molecule has 10 heteroatoms. The Balaban J connectivity index is 1.61. The molecule has 1 fully saturated rings. The molecule has 0 unspecified atom stereocenters. The van der Waals surface area contributed by atoms with Crippen molar-refractivity contribution in [1.29, 1.82) is 0 Å². The van der Waals surface area contributed by atoms with Crippen LogP contribution in [-0.4, -0.2) is 81.9 Å². The van der Waals surface area contributed by atoms with Gasteiger partial charge in [-0.3, -0.25) is 14.4 Å². The average molecular weight is 399 g/mol.